The lowest BCUT2D eigenvalue weighted by atomic mass is 10.1. The highest BCUT2D eigenvalue weighted by Gasteiger charge is 2.24. The van der Waals surface area contributed by atoms with Gasteiger partial charge in [-0.2, -0.15) is 0 Å². The van der Waals surface area contributed by atoms with Crippen LogP contribution in [0.4, 0.5) is 4.79 Å². The van der Waals surface area contributed by atoms with Crippen LogP contribution in [0.2, 0.25) is 0 Å². The molecular formula is C18H21NO2. The van der Waals surface area contributed by atoms with Crippen LogP contribution in [0.25, 0.3) is 0 Å². The van der Waals surface area contributed by atoms with E-state index in [1.165, 1.54) is 0 Å². The lowest BCUT2D eigenvalue weighted by molar-refractivity contribution is 0.0849. The van der Waals surface area contributed by atoms with Crippen molar-refractivity contribution in [2.24, 2.45) is 0 Å². The number of amides is 1. The molecule has 0 fully saturated rings. The molecule has 0 N–H and O–H groups in total. The molecule has 0 aromatic heterocycles. The quantitative estimate of drug-likeness (QED) is 0.622. The van der Waals surface area contributed by atoms with Crippen LogP contribution < -0.4 is 0 Å². The molecule has 0 saturated heterocycles. The molecule has 1 atom stereocenters. The van der Waals surface area contributed by atoms with Crippen molar-refractivity contribution in [3.05, 3.63) is 48.0 Å². The predicted molar refractivity (Wildman–Crippen MR) is 83.6 cm³/mol. The van der Waals surface area contributed by atoms with Crippen LogP contribution in [0, 0.1) is 11.8 Å². The number of hydrogen-bond donors (Lipinski definition) is 0. The number of hydrogen-bond acceptors (Lipinski definition) is 2. The van der Waals surface area contributed by atoms with E-state index in [0.717, 1.165) is 24.8 Å². The Kier molecular flexibility index (Phi) is 5.90. The number of carbonyl (C=O) groups is 1. The molecule has 1 heterocycles. The van der Waals surface area contributed by atoms with Gasteiger partial charge in [0.2, 0.25) is 0 Å². The average Bonchev–Trinajstić information content (AvgIpc) is 2.54. The van der Waals surface area contributed by atoms with Gasteiger partial charge >= 0.3 is 6.09 Å². The van der Waals surface area contributed by atoms with Gasteiger partial charge in [0.15, 0.2) is 0 Å². The van der Waals surface area contributed by atoms with Crippen LogP contribution in [0.15, 0.2) is 42.5 Å². The number of ether oxygens (including phenoxy) is 1. The summed E-state index contributed by atoms with van der Waals surface area (Å²) < 4.78 is 5.42. The van der Waals surface area contributed by atoms with E-state index in [1.54, 1.807) is 4.90 Å². The second-order valence-electron chi connectivity index (χ2n) is 4.98. The minimum atomic E-state index is -0.238. The smallest absolute Gasteiger partial charge is 0.410 e. The van der Waals surface area contributed by atoms with E-state index < -0.39 is 0 Å². The third-order valence-corrected chi connectivity index (χ3v) is 3.48. The van der Waals surface area contributed by atoms with Crippen LogP contribution in [-0.4, -0.2) is 23.6 Å². The Morgan fingerprint density at radius 2 is 2.19 bits per heavy atom. The fraction of sp³-hybridized carbons (Fsp3) is 0.389. The van der Waals surface area contributed by atoms with Crippen molar-refractivity contribution >= 4 is 6.09 Å². The van der Waals surface area contributed by atoms with Crippen LogP contribution >= 0.6 is 0 Å². The molecule has 110 valence electrons. The predicted octanol–water partition coefficient (Wildman–Crippen LogP) is 3.76. The zero-order chi connectivity index (χ0) is 14.9. The number of benzene rings is 1. The normalized spacial score (nSPS) is 17.0. The molecule has 0 aliphatic carbocycles. The average molecular weight is 283 g/mol. The minimum absolute atomic E-state index is 0.0999. The largest absolute Gasteiger partial charge is 0.445 e. The molecule has 0 saturated carbocycles. The SMILES string of the molecule is CC#CCCC1C=CCCN1C(=O)OCc1ccccc1. The summed E-state index contributed by atoms with van der Waals surface area (Å²) in [5.74, 6) is 5.94. The number of nitrogens with zero attached hydrogens (tertiary/aromatic N) is 1. The Morgan fingerprint density at radius 3 is 2.95 bits per heavy atom. The summed E-state index contributed by atoms with van der Waals surface area (Å²) in [6, 6.07) is 9.85. The first-order chi connectivity index (χ1) is 10.3. The molecule has 1 aromatic rings. The Labute approximate surface area is 126 Å². The minimum Gasteiger partial charge on any atom is -0.445 e. The Bertz CT molecular complexity index is 539. The van der Waals surface area contributed by atoms with Gasteiger partial charge in [-0.1, -0.05) is 42.5 Å². The second kappa shape index (κ2) is 8.16. The lowest BCUT2D eigenvalue weighted by Crippen LogP contribution is -2.41. The van der Waals surface area contributed by atoms with Gasteiger partial charge in [0.05, 0.1) is 6.04 Å². The highest BCUT2D eigenvalue weighted by Crippen LogP contribution is 2.16. The molecule has 21 heavy (non-hydrogen) atoms. The Hall–Kier alpha value is -2.21. The van der Waals surface area contributed by atoms with E-state index in [0.29, 0.717) is 13.2 Å². The van der Waals surface area contributed by atoms with Crippen molar-refractivity contribution in [3.8, 4) is 11.8 Å². The molecular weight excluding hydrogens is 262 g/mol. The summed E-state index contributed by atoms with van der Waals surface area (Å²) in [5, 5.41) is 0. The van der Waals surface area contributed by atoms with Crippen LogP contribution in [0.1, 0.15) is 31.7 Å². The van der Waals surface area contributed by atoms with Crippen molar-refractivity contribution < 1.29 is 9.53 Å². The topological polar surface area (TPSA) is 29.5 Å². The third kappa shape index (κ3) is 4.68. The number of carbonyl (C=O) groups excluding carboxylic acids is 1. The van der Waals surface area contributed by atoms with Gasteiger partial charge in [0.1, 0.15) is 6.61 Å². The third-order valence-electron chi connectivity index (χ3n) is 3.48. The standard InChI is InChI=1S/C18H21NO2/c1-2-3-5-12-17-13-8-9-14-19(17)18(20)21-15-16-10-6-4-7-11-16/h4,6-8,10-11,13,17H,5,9,12,14-15H2,1H3. The van der Waals surface area contributed by atoms with Crippen molar-refractivity contribution in [2.45, 2.75) is 38.8 Å². The fourth-order valence-electron chi connectivity index (χ4n) is 2.36. The maximum absolute atomic E-state index is 12.2. The van der Waals surface area contributed by atoms with Crippen molar-refractivity contribution in [1.29, 1.82) is 0 Å². The maximum atomic E-state index is 12.2. The van der Waals surface area contributed by atoms with Gasteiger partial charge in [0.25, 0.3) is 0 Å². The van der Waals surface area contributed by atoms with E-state index in [4.69, 9.17) is 4.74 Å². The molecule has 0 bridgehead atoms. The van der Waals surface area contributed by atoms with E-state index in [-0.39, 0.29) is 12.1 Å². The molecule has 1 amide bonds. The zero-order valence-corrected chi connectivity index (χ0v) is 12.4. The first-order valence-corrected chi connectivity index (χ1v) is 7.35. The van der Waals surface area contributed by atoms with Gasteiger partial charge < -0.3 is 9.64 Å². The first-order valence-electron chi connectivity index (χ1n) is 7.35. The molecule has 0 spiro atoms. The summed E-state index contributed by atoms with van der Waals surface area (Å²) in [7, 11) is 0. The maximum Gasteiger partial charge on any atom is 0.410 e. The van der Waals surface area contributed by atoms with Gasteiger partial charge in [-0.05, 0) is 25.3 Å². The highest BCUT2D eigenvalue weighted by atomic mass is 16.6. The van der Waals surface area contributed by atoms with Crippen LogP contribution in [-0.2, 0) is 11.3 Å². The summed E-state index contributed by atoms with van der Waals surface area (Å²) in [6.07, 6.45) is 6.52. The molecule has 3 heteroatoms. The van der Waals surface area contributed by atoms with Crippen molar-refractivity contribution in [2.75, 3.05) is 6.54 Å². The Morgan fingerprint density at radius 1 is 1.38 bits per heavy atom. The first kappa shape index (κ1) is 15.2. The van der Waals surface area contributed by atoms with E-state index >= 15 is 0 Å². The van der Waals surface area contributed by atoms with Gasteiger partial charge in [-0.25, -0.2) is 4.79 Å². The summed E-state index contributed by atoms with van der Waals surface area (Å²) >= 11 is 0. The number of rotatable bonds is 4. The molecule has 1 unspecified atom stereocenters. The second-order valence-corrected chi connectivity index (χ2v) is 4.98. The fourth-order valence-corrected chi connectivity index (χ4v) is 2.36. The lowest BCUT2D eigenvalue weighted by Gasteiger charge is -2.31. The molecule has 0 radical (unpaired) electrons. The van der Waals surface area contributed by atoms with Crippen LogP contribution in [0.3, 0.4) is 0 Å². The van der Waals surface area contributed by atoms with E-state index in [9.17, 15) is 4.79 Å². The molecule has 2 rings (SSSR count). The summed E-state index contributed by atoms with van der Waals surface area (Å²) in [6.45, 7) is 2.87. The monoisotopic (exact) mass is 283 g/mol. The highest BCUT2D eigenvalue weighted by molar-refractivity contribution is 5.68. The molecule has 1 aliphatic rings. The van der Waals surface area contributed by atoms with Gasteiger partial charge in [-0.15, -0.1) is 11.8 Å². The van der Waals surface area contributed by atoms with Gasteiger partial charge in [-0.3, -0.25) is 0 Å². The van der Waals surface area contributed by atoms with Gasteiger partial charge in [0, 0.05) is 13.0 Å². The summed E-state index contributed by atoms with van der Waals surface area (Å²) in [4.78, 5) is 14.1. The molecule has 1 aromatic carbocycles. The van der Waals surface area contributed by atoms with Crippen LogP contribution in [0.5, 0.6) is 0 Å². The zero-order valence-electron chi connectivity index (χ0n) is 12.4. The van der Waals surface area contributed by atoms with Crippen molar-refractivity contribution in [3.63, 3.8) is 0 Å². The molecule has 1 aliphatic heterocycles. The van der Waals surface area contributed by atoms with E-state index in [1.807, 2.05) is 37.3 Å². The molecule has 3 nitrogen and oxygen atoms in total. The summed E-state index contributed by atoms with van der Waals surface area (Å²) in [5.41, 5.74) is 1.01. The Balaban J connectivity index is 1.89. The van der Waals surface area contributed by atoms with E-state index in [2.05, 4.69) is 24.0 Å². The van der Waals surface area contributed by atoms with Crippen molar-refractivity contribution in [1.82, 2.24) is 4.90 Å².